The van der Waals surface area contributed by atoms with Crippen molar-refractivity contribution in [3.05, 3.63) is 24.8 Å². The van der Waals surface area contributed by atoms with Crippen LogP contribution >= 0.6 is 0 Å². The summed E-state index contributed by atoms with van der Waals surface area (Å²) >= 11 is 0. The molecule has 0 saturated heterocycles. The summed E-state index contributed by atoms with van der Waals surface area (Å²) in [6.45, 7) is 0. The molecule has 0 aliphatic heterocycles. The molecule has 1 rings (SSSR count). The summed E-state index contributed by atoms with van der Waals surface area (Å²) in [6.07, 6.45) is 6.56. The SMILES string of the molecule is O.OBO.[NaH].c1cnccn1. The predicted octanol–water partition coefficient (Wildman–Crippen LogP) is -2.76. The van der Waals surface area contributed by atoms with Gasteiger partial charge in [0.2, 0.25) is 0 Å². The second-order valence-corrected chi connectivity index (χ2v) is 1.04. The summed E-state index contributed by atoms with van der Waals surface area (Å²) in [7, 11) is -0.750. The summed E-state index contributed by atoms with van der Waals surface area (Å²) < 4.78 is 0. The van der Waals surface area contributed by atoms with Crippen molar-refractivity contribution in [3.8, 4) is 0 Å². The Morgan fingerprint density at radius 1 is 0.909 bits per heavy atom. The van der Waals surface area contributed by atoms with Crippen LogP contribution in [0.4, 0.5) is 0 Å². The predicted molar refractivity (Wildman–Crippen MR) is 44.4 cm³/mol. The van der Waals surface area contributed by atoms with Gasteiger partial charge in [0.15, 0.2) is 0 Å². The van der Waals surface area contributed by atoms with Crippen molar-refractivity contribution >= 4 is 37.2 Å². The average molecular weight is 168 g/mol. The zero-order valence-electron chi connectivity index (χ0n) is 5.31. The smallest absolute Gasteiger partial charge is 0.0451 e. The van der Waals surface area contributed by atoms with Gasteiger partial charge in [0.05, 0.1) is 0 Å². The maximum Gasteiger partial charge on any atom is 0.0451 e. The number of aromatic nitrogens is 2. The number of hydrogen-bond acceptors (Lipinski definition) is 4. The maximum absolute atomic E-state index is 7.12. The summed E-state index contributed by atoms with van der Waals surface area (Å²) in [5.41, 5.74) is 0. The summed E-state index contributed by atoms with van der Waals surface area (Å²) in [4.78, 5) is 7.44. The van der Waals surface area contributed by atoms with E-state index in [1.54, 1.807) is 24.8 Å². The van der Waals surface area contributed by atoms with Crippen molar-refractivity contribution in [2.75, 3.05) is 0 Å². The van der Waals surface area contributed by atoms with E-state index in [1.807, 2.05) is 0 Å². The fourth-order valence-corrected chi connectivity index (χ4v) is 0.253. The Morgan fingerprint density at radius 3 is 1.18 bits per heavy atom. The number of nitrogens with zero attached hydrogens (tertiary/aromatic N) is 2. The molecule has 1 aromatic heterocycles. The molecule has 7 heteroatoms. The Labute approximate surface area is 87.4 Å². The van der Waals surface area contributed by atoms with Crippen LogP contribution in [0.15, 0.2) is 24.8 Å². The normalized spacial score (nSPS) is 5.64. The Hall–Kier alpha value is 0.0249. The first-order valence-electron chi connectivity index (χ1n) is 2.33. The second-order valence-electron chi connectivity index (χ2n) is 1.04. The van der Waals surface area contributed by atoms with E-state index in [1.165, 1.54) is 0 Å². The number of hydrogen-bond donors (Lipinski definition) is 2. The minimum Gasteiger partial charge on any atom is -0.262 e. The molecule has 5 nitrogen and oxygen atoms in total. The Bertz CT molecular complexity index is 106. The molecule has 1 aromatic rings. The summed E-state index contributed by atoms with van der Waals surface area (Å²) in [6, 6.07) is 0. The van der Waals surface area contributed by atoms with Crippen LogP contribution in [0.2, 0.25) is 0 Å². The van der Waals surface area contributed by atoms with Gasteiger partial charge in [-0.05, 0) is 0 Å². The molecule has 1 heterocycles. The largest absolute Gasteiger partial charge is 0.262 e. The summed E-state index contributed by atoms with van der Waals surface area (Å²) in [5.74, 6) is 0. The van der Waals surface area contributed by atoms with Crippen molar-refractivity contribution in [2.45, 2.75) is 0 Å². The molecule has 0 bridgehead atoms. The van der Waals surface area contributed by atoms with E-state index in [2.05, 4.69) is 9.97 Å². The molecule has 0 unspecified atom stereocenters. The van der Waals surface area contributed by atoms with Gasteiger partial charge in [0.1, 0.15) is 0 Å². The molecule has 0 aliphatic carbocycles. The van der Waals surface area contributed by atoms with Crippen LogP contribution in [0.1, 0.15) is 0 Å². The van der Waals surface area contributed by atoms with Crippen LogP contribution in [0.25, 0.3) is 0 Å². The maximum atomic E-state index is 7.12. The van der Waals surface area contributed by atoms with Gasteiger partial charge in [-0.2, -0.15) is 0 Å². The topological polar surface area (TPSA) is 97.7 Å². The van der Waals surface area contributed by atoms with Crippen LogP contribution in [-0.4, -0.2) is 62.7 Å². The van der Waals surface area contributed by atoms with Crippen molar-refractivity contribution in [2.24, 2.45) is 0 Å². The average Bonchev–Trinajstić information content (AvgIpc) is 1.93. The molecular formula is C4H10BN2NaO3. The van der Waals surface area contributed by atoms with E-state index in [4.69, 9.17) is 10.0 Å². The van der Waals surface area contributed by atoms with Gasteiger partial charge in [0, 0.05) is 24.8 Å². The molecule has 4 N–H and O–H groups in total. The minimum atomic E-state index is -0.750. The van der Waals surface area contributed by atoms with E-state index in [-0.39, 0.29) is 35.0 Å². The van der Waals surface area contributed by atoms with E-state index in [9.17, 15) is 0 Å². The molecule has 0 saturated carbocycles. The molecule has 0 aliphatic rings. The van der Waals surface area contributed by atoms with Crippen LogP contribution in [-0.2, 0) is 0 Å². The van der Waals surface area contributed by atoms with Gasteiger partial charge < -0.3 is 15.5 Å². The molecule has 11 heavy (non-hydrogen) atoms. The van der Waals surface area contributed by atoms with Crippen LogP contribution < -0.4 is 0 Å². The van der Waals surface area contributed by atoms with Crippen LogP contribution in [0, 0.1) is 0 Å². The Morgan fingerprint density at radius 2 is 1.09 bits per heavy atom. The molecule has 0 spiro atoms. The van der Waals surface area contributed by atoms with Crippen molar-refractivity contribution < 1.29 is 15.5 Å². The van der Waals surface area contributed by atoms with Gasteiger partial charge >= 0.3 is 37.2 Å². The monoisotopic (exact) mass is 168 g/mol. The third-order valence-corrected chi connectivity index (χ3v) is 0.478. The van der Waals surface area contributed by atoms with Gasteiger partial charge in [-0.15, -0.1) is 0 Å². The molecule has 0 aromatic carbocycles. The number of rotatable bonds is 0. The van der Waals surface area contributed by atoms with Crippen molar-refractivity contribution in [1.29, 1.82) is 0 Å². The second kappa shape index (κ2) is 16.5. The Balaban J connectivity index is -0.000000116. The first-order chi connectivity index (χ1) is 4.41. The van der Waals surface area contributed by atoms with Gasteiger partial charge in [-0.1, -0.05) is 0 Å². The quantitative estimate of drug-likeness (QED) is 0.410. The van der Waals surface area contributed by atoms with E-state index >= 15 is 0 Å². The van der Waals surface area contributed by atoms with E-state index in [0.717, 1.165) is 0 Å². The third kappa shape index (κ3) is 17.8. The molecule has 0 fully saturated rings. The van der Waals surface area contributed by atoms with E-state index < -0.39 is 7.69 Å². The fraction of sp³-hybridized carbons (Fsp3) is 0. The summed E-state index contributed by atoms with van der Waals surface area (Å²) in [5, 5.41) is 14.2. The molecule has 0 atom stereocenters. The zero-order valence-corrected chi connectivity index (χ0v) is 5.31. The van der Waals surface area contributed by atoms with Crippen molar-refractivity contribution in [3.63, 3.8) is 0 Å². The van der Waals surface area contributed by atoms with Crippen molar-refractivity contribution in [1.82, 2.24) is 9.97 Å². The fourth-order valence-electron chi connectivity index (χ4n) is 0.253. The van der Waals surface area contributed by atoms with E-state index in [0.29, 0.717) is 0 Å². The first kappa shape index (κ1) is 17.2. The first-order valence-corrected chi connectivity index (χ1v) is 2.33. The molecular weight excluding hydrogens is 158 g/mol. The Kier molecular flexibility index (Phi) is 25.9. The minimum absolute atomic E-state index is 0. The van der Waals surface area contributed by atoms with Gasteiger partial charge in [-0.3, -0.25) is 9.97 Å². The molecule has 0 radical (unpaired) electrons. The van der Waals surface area contributed by atoms with Crippen LogP contribution in [0.3, 0.4) is 0 Å². The van der Waals surface area contributed by atoms with Gasteiger partial charge in [-0.25, -0.2) is 0 Å². The van der Waals surface area contributed by atoms with Gasteiger partial charge in [0.25, 0.3) is 0 Å². The zero-order chi connectivity index (χ0) is 6.95. The molecule has 0 amide bonds. The third-order valence-electron chi connectivity index (χ3n) is 0.478. The standard InChI is InChI=1S/C4H4N2.BH3O2.Na.H2O.H/c1-2-6-4-3-5-1;2-1-3;;;/h1-4H;1-3H;;1H2;. The molecule has 58 valence electrons. The van der Waals surface area contributed by atoms with Crippen LogP contribution in [0.5, 0.6) is 0 Å².